The number of carbonyl (C=O) groups is 1. The van der Waals surface area contributed by atoms with Crippen LogP contribution in [0.4, 0.5) is 0 Å². The summed E-state index contributed by atoms with van der Waals surface area (Å²) in [6, 6.07) is 0. The Labute approximate surface area is 63.7 Å². The van der Waals surface area contributed by atoms with Gasteiger partial charge in [0.25, 0.3) is 0 Å². The molecular weight excluding hydrogens is 184 g/mol. The van der Waals surface area contributed by atoms with Crippen LogP contribution in [0.3, 0.4) is 0 Å². The van der Waals surface area contributed by atoms with Crippen molar-refractivity contribution in [1.29, 1.82) is 0 Å². The number of methoxy groups -OCH3 is 1. The largest absolute Gasteiger partial charge is 0.468 e. The number of rotatable bonds is 2. The third-order valence-electron chi connectivity index (χ3n) is 1.01. The lowest BCUT2D eigenvalue weighted by Gasteiger charge is -2.09. The zero-order valence-corrected chi connectivity index (χ0v) is 7.44. The first-order chi connectivity index (χ1) is 4.09. The molecule has 0 aliphatic carbocycles. The van der Waals surface area contributed by atoms with Crippen LogP contribution in [-0.2, 0) is 9.53 Å². The van der Waals surface area contributed by atoms with Crippen molar-refractivity contribution in [1.82, 2.24) is 0 Å². The van der Waals surface area contributed by atoms with Crippen molar-refractivity contribution in [3.05, 3.63) is 0 Å². The Bertz CT molecular complexity index is 101. The third kappa shape index (κ3) is 2.84. The van der Waals surface area contributed by atoms with Crippen LogP contribution in [-0.4, -0.2) is 17.9 Å². The molecule has 0 aliphatic rings. The first-order valence-corrected chi connectivity index (χ1v) is 3.73. The van der Waals surface area contributed by atoms with Crippen molar-refractivity contribution >= 4 is 21.9 Å². The lowest BCUT2D eigenvalue weighted by molar-refractivity contribution is -0.140. The van der Waals surface area contributed by atoms with Gasteiger partial charge < -0.3 is 4.74 Å². The van der Waals surface area contributed by atoms with Crippen LogP contribution in [0, 0.1) is 5.92 Å². The molecule has 9 heavy (non-hydrogen) atoms. The number of halogens is 1. The fourth-order valence-electron chi connectivity index (χ4n) is 0.385. The highest BCUT2D eigenvalue weighted by Crippen LogP contribution is 2.12. The molecule has 0 heterocycles. The maximum Gasteiger partial charge on any atom is 0.319 e. The number of hydrogen-bond donors (Lipinski definition) is 0. The highest BCUT2D eigenvalue weighted by atomic mass is 79.9. The van der Waals surface area contributed by atoms with Crippen LogP contribution < -0.4 is 0 Å². The second-order valence-corrected chi connectivity index (χ2v) is 3.16. The van der Waals surface area contributed by atoms with Gasteiger partial charge in [0, 0.05) is 0 Å². The van der Waals surface area contributed by atoms with Gasteiger partial charge >= 0.3 is 5.97 Å². The predicted octanol–water partition coefficient (Wildman–Crippen LogP) is 1.58. The van der Waals surface area contributed by atoms with E-state index in [-0.39, 0.29) is 16.7 Å². The number of ether oxygens (including phenoxy) is 1. The van der Waals surface area contributed by atoms with E-state index in [1.165, 1.54) is 7.11 Å². The highest BCUT2D eigenvalue weighted by molar-refractivity contribution is 9.10. The second-order valence-electron chi connectivity index (χ2n) is 2.17. The van der Waals surface area contributed by atoms with E-state index < -0.39 is 0 Å². The zero-order chi connectivity index (χ0) is 7.44. The quantitative estimate of drug-likeness (QED) is 0.493. The summed E-state index contributed by atoms with van der Waals surface area (Å²) in [4.78, 5) is 10.5. The molecule has 1 unspecified atom stereocenters. The molecule has 54 valence electrons. The summed E-state index contributed by atoms with van der Waals surface area (Å²) >= 11 is 3.19. The van der Waals surface area contributed by atoms with Gasteiger partial charge in [-0.2, -0.15) is 0 Å². The Hall–Kier alpha value is -0.0500. The zero-order valence-electron chi connectivity index (χ0n) is 5.85. The van der Waals surface area contributed by atoms with Gasteiger partial charge in [-0.15, -0.1) is 0 Å². The fraction of sp³-hybridized carbons (Fsp3) is 0.833. The summed E-state index contributed by atoms with van der Waals surface area (Å²) < 4.78 is 4.49. The minimum atomic E-state index is -0.204. The van der Waals surface area contributed by atoms with E-state index in [2.05, 4.69) is 20.7 Å². The first-order valence-electron chi connectivity index (χ1n) is 2.81. The molecule has 2 nitrogen and oxygen atoms in total. The Morgan fingerprint density at radius 2 is 2.00 bits per heavy atom. The van der Waals surface area contributed by atoms with Gasteiger partial charge in [0.2, 0.25) is 0 Å². The lowest BCUT2D eigenvalue weighted by atomic mass is 10.1. The molecular formula is C6H11BrO2. The molecule has 0 spiro atoms. The van der Waals surface area contributed by atoms with Gasteiger partial charge in [-0.3, -0.25) is 4.79 Å². The molecule has 0 saturated carbocycles. The smallest absolute Gasteiger partial charge is 0.319 e. The summed E-state index contributed by atoms with van der Waals surface area (Å²) in [5, 5.41) is 0. The highest BCUT2D eigenvalue weighted by Gasteiger charge is 2.18. The van der Waals surface area contributed by atoms with Crippen molar-refractivity contribution in [2.45, 2.75) is 18.7 Å². The van der Waals surface area contributed by atoms with E-state index in [0.29, 0.717) is 0 Å². The van der Waals surface area contributed by atoms with Crippen LogP contribution in [0.25, 0.3) is 0 Å². The molecule has 0 amide bonds. The first kappa shape index (κ1) is 8.95. The van der Waals surface area contributed by atoms with Crippen LogP contribution in [0.1, 0.15) is 13.8 Å². The molecule has 0 aliphatic heterocycles. The van der Waals surface area contributed by atoms with Gasteiger partial charge in [-0.25, -0.2) is 0 Å². The van der Waals surface area contributed by atoms with Crippen molar-refractivity contribution in [2.75, 3.05) is 7.11 Å². The average molecular weight is 195 g/mol. The standard InChI is InChI=1S/C6H11BrO2/c1-4(2)5(7)6(8)9-3/h4-5H,1-3H3. The van der Waals surface area contributed by atoms with Gasteiger partial charge in [0.15, 0.2) is 0 Å². The lowest BCUT2D eigenvalue weighted by Crippen LogP contribution is -2.20. The van der Waals surface area contributed by atoms with E-state index in [9.17, 15) is 4.79 Å². The topological polar surface area (TPSA) is 26.3 Å². The predicted molar refractivity (Wildman–Crippen MR) is 39.6 cm³/mol. The molecule has 0 aromatic carbocycles. The molecule has 0 saturated heterocycles. The van der Waals surface area contributed by atoms with Crippen molar-refractivity contribution in [3.63, 3.8) is 0 Å². The molecule has 3 heteroatoms. The fourth-order valence-corrected chi connectivity index (χ4v) is 0.572. The van der Waals surface area contributed by atoms with Gasteiger partial charge in [-0.1, -0.05) is 29.8 Å². The Morgan fingerprint density at radius 1 is 1.56 bits per heavy atom. The summed E-state index contributed by atoms with van der Waals surface area (Å²) in [6.45, 7) is 3.91. The number of esters is 1. The molecule has 0 radical (unpaired) electrons. The van der Waals surface area contributed by atoms with E-state index in [1.54, 1.807) is 0 Å². The van der Waals surface area contributed by atoms with Gasteiger partial charge in [0.1, 0.15) is 4.83 Å². The van der Waals surface area contributed by atoms with E-state index >= 15 is 0 Å². The molecule has 0 aromatic rings. The van der Waals surface area contributed by atoms with Crippen LogP contribution in [0.5, 0.6) is 0 Å². The molecule has 0 N–H and O–H groups in total. The Kier molecular flexibility index (Phi) is 3.86. The summed E-state index contributed by atoms with van der Waals surface area (Å²) in [5.41, 5.74) is 0. The SMILES string of the molecule is COC(=O)C(Br)C(C)C. The molecule has 0 fully saturated rings. The van der Waals surface area contributed by atoms with E-state index in [0.717, 1.165) is 0 Å². The number of alkyl halides is 1. The molecule has 0 aromatic heterocycles. The Balaban J connectivity index is 3.72. The number of hydrogen-bond acceptors (Lipinski definition) is 2. The Morgan fingerprint density at radius 3 is 2.11 bits per heavy atom. The van der Waals surface area contributed by atoms with Crippen LogP contribution in [0.2, 0.25) is 0 Å². The third-order valence-corrected chi connectivity index (χ3v) is 2.44. The minimum absolute atomic E-state index is 0.164. The van der Waals surface area contributed by atoms with Crippen molar-refractivity contribution in [2.24, 2.45) is 5.92 Å². The summed E-state index contributed by atoms with van der Waals surface area (Å²) in [6.07, 6.45) is 0. The molecule has 0 rings (SSSR count). The van der Waals surface area contributed by atoms with Crippen molar-refractivity contribution < 1.29 is 9.53 Å². The second kappa shape index (κ2) is 3.88. The normalized spacial score (nSPS) is 13.4. The van der Waals surface area contributed by atoms with Gasteiger partial charge in [-0.05, 0) is 5.92 Å². The maximum absolute atomic E-state index is 10.7. The summed E-state index contributed by atoms with van der Waals surface area (Å²) in [5.74, 6) is 0.0856. The maximum atomic E-state index is 10.7. The molecule has 1 atom stereocenters. The summed E-state index contributed by atoms with van der Waals surface area (Å²) in [7, 11) is 1.39. The van der Waals surface area contributed by atoms with Crippen molar-refractivity contribution in [3.8, 4) is 0 Å². The van der Waals surface area contributed by atoms with Crippen LogP contribution in [0.15, 0.2) is 0 Å². The van der Waals surface area contributed by atoms with E-state index in [1.807, 2.05) is 13.8 Å². The average Bonchev–Trinajstić information content (AvgIpc) is 1.84. The monoisotopic (exact) mass is 194 g/mol. The van der Waals surface area contributed by atoms with Crippen LogP contribution >= 0.6 is 15.9 Å². The molecule has 0 bridgehead atoms. The van der Waals surface area contributed by atoms with Gasteiger partial charge in [0.05, 0.1) is 7.11 Å². The number of carbonyl (C=O) groups excluding carboxylic acids is 1. The van der Waals surface area contributed by atoms with E-state index in [4.69, 9.17) is 0 Å². The minimum Gasteiger partial charge on any atom is -0.468 e.